The Morgan fingerprint density at radius 1 is 1.11 bits per heavy atom. The maximum absolute atomic E-state index is 13.0. The molecule has 0 saturated carbocycles. The SMILES string of the molecule is CC[C@@H](Sc1ccc(Cl)cc1)C(=O)N1CCN(c2ccccc2OC)CC1. The van der Waals surface area contributed by atoms with Crippen LogP contribution in [0.1, 0.15) is 13.3 Å². The van der Waals surface area contributed by atoms with Crippen molar-refractivity contribution in [1.29, 1.82) is 0 Å². The van der Waals surface area contributed by atoms with Gasteiger partial charge in [0.25, 0.3) is 0 Å². The Kier molecular flexibility index (Phi) is 6.91. The Bertz CT molecular complexity index is 761. The summed E-state index contributed by atoms with van der Waals surface area (Å²) in [6.07, 6.45) is 0.804. The molecular weight excluding hydrogens is 380 g/mol. The van der Waals surface area contributed by atoms with E-state index in [4.69, 9.17) is 16.3 Å². The van der Waals surface area contributed by atoms with Gasteiger partial charge in [-0.1, -0.05) is 30.7 Å². The first kappa shape index (κ1) is 19.9. The number of amides is 1. The van der Waals surface area contributed by atoms with Gasteiger partial charge in [-0.2, -0.15) is 0 Å². The fourth-order valence-corrected chi connectivity index (χ4v) is 4.41. The van der Waals surface area contributed by atoms with Crippen LogP contribution >= 0.6 is 23.4 Å². The van der Waals surface area contributed by atoms with Crippen LogP contribution in [0.15, 0.2) is 53.4 Å². The zero-order chi connectivity index (χ0) is 19.2. The zero-order valence-corrected chi connectivity index (χ0v) is 17.3. The number of hydrogen-bond acceptors (Lipinski definition) is 4. The molecule has 1 atom stereocenters. The van der Waals surface area contributed by atoms with Crippen molar-refractivity contribution < 1.29 is 9.53 Å². The van der Waals surface area contributed by atoms with Gasteiger partial charge in [0.15, 0.2) is 0 Å². The molecule has 1 heterocycles. The molecule has 0 N–H and O–H groups in total. The third-order valence-electron chi connectivity index (χ3n) is 4.76. The van der Waals surface area contributed by atoms with E-state index in [9.17, 15) is 4.79 Å². The highest BCUT2D eigenvalue weighted by Crippen LogP contribution is 2.30. The highest BCUT2D eigenvalue weighted by molar-refractivity contribution is 8.00. The number of hydrogen-bond donors (Lipinski definition) is 0. The molecule has 3 rings (SSSR count). The summed E-state index contributed by atoms with van der Waals surface area (Å²) in [6, 6.07) is 15.7. The van der Waals surface area contributed by atoms with E-state index in [2.05, 4.69) is 17.9 Å². The van der Waals surface area contributed by atoms with Gasteiger partial charge in [0.1, 0.15) is 5.75 Å². The molecule has 4 nitrogen and oxygen atoms in total. The monoisotopic (exact) mass is 404 g/mol. The van der Waals surface area contributed by atoms with Crippen LogP contribution in [0.2, 0.25) is 5.02 Å². The molecule has 1 aliphatic heterocycles. The number of nitrogens with zero attached hydrogens (tertiary/aromatic N) is 2. The van der Waals surface area contributed by atoms with Crippen molar-refractivity contribution >= 4 is 35.0 Å². The molecule has 0 radical (unpaired) electrons. The van der Waals surface area contributed by atoms with Crippen LogP contribution in [0.25, 0.3) is 0 Å². The van der Waals surface area contributed by atoms with E-state index in [0.29, 0.717) is 5.02 Å². The standard InChI is InChI=1S/C21H25ClN2O2S/c1-3-20(27-17-10-8-16(22)9-11-17)21(25)24-14-12-23(13-15-24)18-6-4-5-7-19(18)26-2/h4-11,20H,3,12-15H2,1-2H3/t20-/m1/s1. The minimum Gasteiger partial charge on any atom is -0.495 e. The topological polar surface area (TPSA) is 32.8 Å². The molecular formula is C21H25ClN2O2S. The number of carbonyl (C=O) groups excluding carboxylic acids is 1. The van der Waals surface area contributed by atoms with Crippen LogP contribution in [0, 0.1) is 0 Å². The van der Waals surface area contributed by atoms with Gasteiger partial charge >= 0.3 is 0 Å². The number of para-hydroxylation sites is 2. The highest BCUT2D eigenvalue weighted by atomic mass is 35.5. The molecule has 2 aromatic rings. The van der Waals surface area contributed by atoms with Crippen LogP contribution in [-0.2, 0) is 4.79 Å². The number of halogens is 1. The van der Waals surface area contributed by atoms with Gasteiger partial charge in [-0.05, 0) is 42.8 Å². The first-order chi connectivity index (χ1) is 13.1. The Labute approximate surface area is 170 Å². The van der Waals surface area contributed by atoms with Crippen molar-refractivity contribution in [1.82, 2.24) is 4.90 Å². The number of carbonyl (C=O) groups is 1. The molecule has 1 aliphatic rings. The van der Waals surface area contributed by atoms with E-state index >= 15 is 0 Å². The average Bonchev–Trinajstić information content (AvgIpc) is 2.73. The Morgan fingerprint density at radius 3 is 2.41 bits per heavy atom. The largest absolute Gasteiger partial charge is 0.495 e. The van der Waals surface area contributed by atoms with Gasteiger partial charge in [-0.25, -0.2) is 0 Å². The van der Waals surface area contributed by atoms with Crippen molar-refractivity contribution in [2.45, 2.75) is 23.5 Å². The molecule has 0 aliphatic carbocycles. The summed E-state index contributed by atoms with van der Waals surface area (Å²) in [6.45, 7) is 5.15. The molecule has 1 fully saturated rings. The number of benzene rings is 2. The van der Waals surface area contributed by atoms with E-state index in [0.717, 1.165) is 48.9 Å². The normalized spacial score (nSPS) is 15.5. The molecule has 0 aromatic heterocycles. The van der Waals surface area contributed by atoms with E-state index in [1.165, 1.54) is 0 Å². The van der Waals surface area contributed by atoms with Crippen LogP contribution in [-0.4, -0.2) is 49.3 Å². The summed E-state index contributed by atoms with van der Waals surface area (Å²) < 4.78 is 5.47. The van der Waals surface area contributed by atoms with Crippen LogP contribution in [0.3, 0.4) is 0 Å². The predicted molar refractivity (Wildman–Crippen MR) is 113 cm³/mol. The third-order valence-corrected chi connectivity index (χ3v) is 6.37. The van der Waals surface area contributed by atoms with Crippen LogP contribution < -0.4 is 9.64 Å². The first-order valence-electron chi connectivity index (χ1n) is 9.21. The van der Waals surface area contributed by atoms with Crippen molar-refractivity contribution in [2.24, 2.45) is 0 Å². The molecule has 1 amide bonds. The second-order valence-corrected chi connectivity index (χ2v) is 8.17. The number of rotatable bonds is 6. The van der Waals surface area contributed by atoms with Crippen LogP contribution in [0.4, 0.5) is 5.69 Å². The van der Waals surface area contributed by atoms with Gasteiger partial charge < -0.3 is 14.5 Å². The summed E-state index contributed by atoms with van der Waals surface area (Å²) in [5.41, 5.74) is 1.09. The molecule has 0 bridgehead atoms. The smallest absolute Gasteiger partial charge is 0.236 e. The van der Waals surface area contributed by atoms with Crippen molar-refractivity contribution in [3.05, 3.63) is 53.6 Å². The van der Waals surface area contributed by atoms with E-state index in [1.54, 1.807) is 18.9 Å². The molecule has 2 aromatic carbocycles. The minimum absolute atomic E-state index is 0.0658. The molecule has 0 spiro atoms. The Balaban J connectivity index is 1.60. The zero-order valence-electron chi connectivity index (χ0n) is 15.7. The maximum Gasteiger partial charge on any atom is 0.236 e. The second-order valence-electron chi connectivity index (χ2n) is 6.45. The lowest BCUT2D eigenvalue weighted by Crippen LogP contribution is -2.51. The van der Waals surface area contributed by atoms with E-state index < -0.39 is 0 Å². The van der Waals surface area contributed by atoms with Crippen molar-refractivity contribution in [3.63, 3.8) is 0 Å². The number of methoxy groups -OCH3 is 1. The molecule has 27 heavy (non-hydrogen) atoms. The van der Waals surface area contributed by atoms with Gasteiger partial charge in [-0.15, -0.1) is 11.8 Å². The molecule has 6 heteroatoms. The lowest BCUT2D eigenvalue weighted by molar-refractivity contribution is -0.130. The molecule has 144 valence electrons. The van der Waals surface area contributed by atoms with Crippen molar-refractivity contribution in [2.75, 3.05) is 38.2 Å². The third kappa shape index (κ3) is 4.90. The summed E-state index contributed by atoms with van der Waals surface area (Å²) in [5.74, 6) is 1.10. The number of anilines is 1. The lowest BCUT2D eigenvalue weighted by Gasteiger charge is -2.37. The number of thioether (sulfide) groups is 1. The molecule has 1 saturated heterocycles. The number of ether oxygens (including phenoxy) is 1. The number of piperazine rings is 1. The van der Waals surface area contributed by atoms with Crippen molar-refractivity contribution in [3.8, 4) is 5.75 Å². The summed E-state index contributed by atoms with van der Waals surface area (Å²) in [4.78, 5) is 18.4. The average molecular weight is 405 g/mol. The van der Waals surface area contributed by atoms with Gasteiger partial charge in [-0.3, -0.25) is 4.79 Å². The Hall–Kier alpha value is -1.85. The summed E-state index contributed by atoms with van der Waals surface area (Å²) in [7, 11) is 1.69. The lowest BCUT2D eigenvalue weighted by atomic mass is 10.2. The molecule has 0 unspecified atom stereocenters. The fourth-order valence-electron chi connectivity index (χ4n) is 3.25. The second kappa shape index (κ2) is 9.38. The predicted octanol–water partition coefficient (Wildman–Crippen LogP) is 4.57. The van der Waals surface area contributed by atoms with Crippen LogP contribution in [0.5, 0.6) is 5.75 Å². The fraction of sp³-hybridized carbons (Fsp3) is 0.381. The van der Waals surface area contributed by atoms with E-state index in [-0.39, 0.29) is 11.2 Å². The quantitative estimate of drug-likeness (QED) is 0.660. The van der Waals surface area contributed by atoms with Gasteiger partial charge in [0.2, 0.25) is 5.91 Å². The Morgan fingerprint density at radius 2 is 1.78 bits per heavy atom. The van der Waals surface area contributed by atoms with E-state index in [1.807, 2.05) is 47.4 Å². The minimum atomic E-state index is -0.0658. The van der Waals surface area contributed by atoms with Gasteiger partial charge in [0.05, 0.1) is 18.0 Å². The maximum atomic E-state index is 13.0. The summed E-state index contributed by atoms with van der Waals surface area (Å²) in [5, 5.41) is 0.648. The first-order valence-corrected chi connectivity index (χ1v) is 10.5. The highest BCUT2D eigenvalue weighted by Gasteiger charge is 2.28. The van der Waals surface area contributed by atoms with Gasteiger partial charge in [0, 0.05) is 36.1 Å². The summed E-state index contributed by atoms with van der Waals surface area (Å²) >= 11 is 7.57.